The number of rotatable bonds is 4. The van der Waals surface area contributed by atoms with Crippen LogP contribution in [0.25, 0.3) is 0 Å². The number of nitrogens with one attached hydrogen (secondary N) is 1. The average Bonchev–Trinajstić information content (AvgIpc) is 2.73. The van der Waals surface area contributed by atoms with Gasteiger partial charge in [0.2, 0.25) is 5.91 Å². The van der Waals surface area contributed by atoms with Crippen LogP contribution in [0, 0.1) is 5.82 Å². The van der Waals surface area contributed by atoms with E-state index in [2.05, 4.69) is 5.32 Å². The summed E-state index contributed by atoms with van der Waals surface area (Å²) < 4.78 is 24.6. The maximum Gasteiger partial charge on any atom is 0.316 e. The van der Waals surface area contributed by atoms with Gasteiger partial charge in [-0.2, -0.15) is 0 Å². The SMILES string of the molecule is O=C(CN1CCN(c2ccc3c(c2)OCCO3)C(=O)C1=O)Nc1ccccc1F. The van der Waals surface area contributed by atoms with Crippen molar-refractivity contribution in [1.29, 1.82) is 0 Å². The lowest BCUT2D eigenvalue weighted by molar-refractivity contribution is -0.147. The Labute approximate surface area is 165 Å². The number of fused-ring (bicyclic) bond motifs is 1. The zero-order valence-corrected chi connectivity index (χ0v) is 15.4. The van der Waals surface area contributed by atoms with Crippen LogP contribution in [0.4, 0.5) is 15.8 Å². The van der Waals surface area contributed by atoms with Gasteiger partial charge in [-0.25, -0.2) is 4.39 Å². The highest BCUT2D eigenvalue weighted by molar-refractivity contribution is 6.41. The Morgan fingerprint density at radius 1 is 1.00 bits per heavy atom. The monoisotopic (exact) mass is 399 g/mol. The summed E-state index contributed by atoms with van der Waals surface area (Å²) in [6.45, 7) is 0.917. The van der Waals surface area contributed by atoms with Crippen molar-refractivity contribution < 1.29 is 28.2 Å². The summed E-state index contributed by atoms with van der Waals surface area (Å²) in [6.07, 6.45) is 0. The van der Waals surface area contributed by atoms with Gasteiger partial charge in [0.1, 0.15) is 25.6 Å². The molecule has 29 heavy (non-hydrogen) atoms. The highest BCUT2D eigenvalue weighted by Crippen LogP contribution is 2.34. The van der Waals surface area contributed by atoms with Gasteiger partial charge in [0.25, 0.3) is 0 Å². The predicted molar refractivity (Wildman–Crippen MR) is 101 cm³/mol. The molecule has 0 bridgehead atoms. The molecule has 8 nitrogen and oxygen atoms in total. The summed E-state index contributed by atoms with van der Waals surface area (Å²) in [6, 6.07) is 10.7. The summed E-state index contributed by atoms with van der Waals surface area (Å²) in [7, 11) is 0. The first-order chi connectivity index (χ1) is 14.0. The van der Waals surface area contributed by atoms with Crippen molar-refractivity contribution in [2.45, 2.75) is 0 Å². The number of carbonyl (C=O) groups excluding carboxylic acids is 3. The Morgan fingerprint density at radius 2 is 1.76 bits per heavy atom. The zero-order chi connectivity index (χ0) is 20.4. The van der Waals surface area contributed by atoms with Gasteiger partial charge in [-0.1, -0.05) is 12.1 Å². The van der Waals surface area contributed by atoms with E-state index >= 15 is 0 Å². The normalized spacial score (nSPS) is 16.0. The molecule has 0 atom stereocenters. The molecule has 0 aromatic heterocycles. The predicted octanol–water partition coefficient (Wildman–Crippen LogP) is 1.41. The molecule has 0 radical (unpaired) electrons. The third-order valence-corrected chi connectivity index (χ3v) is 4.63. The van der Waals surface area contributed by atoms with Gasteiger partial charge < -0.3 is 24.6 Å². The molecule has 0 saturated carbocycles. The van der Waals surface area contributed by atoms with Gasteiger partial charge in [0, 0.05) is 24.8 Å². The molecule has 1 saturated heterocycles. The topological polar surface area (TPSA) is 88.2 Å². The number of anilines is 2. The smallest absolute Gasteiger partial charge is 0.316 e. The number of para-hydroxylation sites is 1. The fraction of sp³-hybridized carbons (Fsp3) is 0.250. The number of nitrogens with zero attached hydrogens (tertiary/aromatic N) is 2. The first kappa shape index (κ1) is 18.7. The number of benzene rings is 2. The van der Waals surface area contributed by atoms with E-state index in [1.54, 1.807) is 24.3 Å². The Morgan fingerprint density at radius 3 is 2.55 bits per heavy atom. The quantitative estimate of drug-likeness (QED) is 0.786. The van der Waals surface area contributed by atoms with Gasteiger partial charge in [0.15, 0.2) is 11.5 Å². The summed E-state index contributed by atoms with van der Waals surface area (Å²) >= 11 is 0. The number of ether oxygens (including phenoxy) is 2. The second-order valence-electron chi connectivity index (χ2n) is 6.54. The van der Waals surface area contributed by atoms with Crippen LogP contribution in [0.15, 0.2) is 42.5 Å². The van der Waals surface area contributed by atoms with Gasteiger partial charge in [-0.05, 0) is 24.3 Å². The van der Waals surface area contributed by atoms with Crippen LogP contribution in [-0.2, 0) is 14.4 Å². The fourth-order valence-electron chi connectivity index (χ4n) is 3.20. The first-order valence-electron chi connectivity index (χ1n) is 9.08. The molecule has 2 aliphatic heterocycles. The number of hydrogen-bond acceptors (Lipinski definition) is 5. The second kappa shape index (κ2) is 7.78. The molecular formula is C20H18FN3O5. The molecule has 2 aromatic carbocycles. The molecule has 9 heteroatoms. The van der Waals surface area contributed by atoms with Crippen LogP contribution < -0.4 is 19.7 Å². The Hall–Kier alpha value is -3.62. The van der Waals surface area contributed by atoms with Crippen LogP contribution in [0.2, 0.25) is 0 Å². The number of piperazine rings is 1. The van der Waals surface area contributed by atoms with E-state index < -0.39 is 23.5 Å². The minimum Gasteiger partial charge on any atom is -0.486 e. The highest BCUT2D eigenvalue weighted by atomic mass is 19.1. The highest BCUT2D eigenvalue weighted by Gasteiger charge is 2.34. The number of halogens is 1. The van der Waals surface area contributed by atoms with Gasteiger partial charge in [-0.3, -0.25) is 14.4 Å². The Balaban J connectivity index is 1.41. The van der Waals surface area contributed by atoms with Crippen molar-refractivity contribution >= 4 is 29.1 Å². The molecule has 150 valence electrons. The minimum absolute atomic E-state index is 0.0196. The van der Waals surface area contributed by atoms with E-state index in [1.165, 1.54) is 23.1 Å². The van der Waals surface area contributed by atoms with Gasteiger partial charge in [-0.15, -0.1) is 0 Å². The largest absolute Gasteiger partial charge is 0.486 e. The molecule has 4 rings (SSSR count). The molecule has 2 heterocycles. The lowest BCUT2D eigenvalue weighted by atomic mass is 10.2. The van der Waals surface area contributed by atoms with Crippen LogP contribution in [0.5, 0.6) is 11.5 Å². The van der Waals surface area contributed by atoms with Crippen molar-refractivity contribution in [1.82, 2.24) is 4.90 Å². The van der Waals surface area contributed by atoms with Crippen LogP contribution in [0.3, 0.4) is 0 Å². The number of hydrogen-bond donors (Lipinski definition) is 1. The molecule has 2 aromatic rings. The standard InChI is InChI=1S/C20H18FN3O5/c21-14-3-1-2-4-15(14)22-18(25)12-23-7-8-24(20(27)19(23)26)13-5-6-16-17(11-13)29-10-9-28-16/h1-6,11H,7-10,12H2,(H,22,25). The fourth-order valence-corrected chi connectivity index (χ4v) is 3.20. The van der Waals surface area contributed by atoms with Crippen molar-refractivity contribution in [3.63, 3.8) is 0 Å². The molecule has 1 N–H and O–H groups in total. The third kappa shape index (κ3) is 3.84. The molecule has 0 aliphatic carbocycles. The third-order valence-electron chi connectivity index (χ3n) is 4.63. The van der Waals surface area contributed by atoms with Crippen molar-refractivity contribution in [2.24, 2.45) is 0 Å². The van der Waals surface area contributed by atoms with Crippen molar-refractivity contribution in [2.75, 3.05) is 43.1 Å². The molecular weight excluding hydrogens is 381 g/mol. The van der Waals surface area contributed by atoms with Gasteiger partial charge in [0.05, 0.1) is 5.69 Å². The van der Waals surface area contributed by atoms with E-state index in [0.29, 0.717) is 30.4 Å². The average molecular weight is 399 g/mol. The molecule has 0 unspecified atom stereocenters. The van der Waals surface area contributed by atoms with Crippen molar-refractivity contribution in [3.8, 4) is 11.5 Å². The number of carbonyl (C=O) groups is 3. The molecule has 3 amide bonds. The summed E-state index contributed by atoms with van der Waals surface area (Å²) in [4.78, 5) is 39.7. The van der Waals surface area contributed by atoms with E-state index in [4.69, 9.17) is 9.47 Å². The summed E-state index contributed by atoms with van der Waals surface area (Å²) in [5.41, 5.74) is 0.536. The van der Waals surface area contributed by atoms with Gasteiger partial charge >= 0.3 is 11.8 Å². The second-order valence-corrected chi connectivity index (χ2v) is 6.54. The minimum atomic E-state index is -0.796. The zero-order valence-electron chi connectivity index (χ0n) is 15.4. The van der Waals surface area contributed by atoms with E-state index in [1.807, 2.05) is 0 Å². The Bertz CT molecular complexity index is 980. The maximum atomic E-state index is 13.7. The van der Waals surface area contributed by atoms with Crippen LogP contribution in [0.1, 0.15) is 0 Å². The Kier molecular flexibility index (Phi) is 5.03. The van der Waals surface area contributed by atoms with Crippen LogP contribution >= 0.6 is 0 Å². The maximum absolute atomic E-state index is 13.7. The lowest BCUT2D eigenvalue weighted by Crippen LogP contribution is -2.56. The molecule has 0 spiro atoms. The van der Waals surface area contributed by atoms with E-state index in [0.717, 1.165) is 4.90 Å². The summed E-state index contributed by atoms with van der Waals surface area (Å²) in [5, 5.41) is 2.41. The lowest BCUT2D eigenvalue weighted by Gasteiger charge is -2.33. The summed E-state index contributed by atoms with van der Waals surface area (Å²) in [5.74, 6) is -1.60. The molecule has 2 aliphatic rings. The van der Waals surface area contributed by atoms with Crippen LogP contribution in [-0.4, -0.2) is 55.5 Å². The van der Waals surface area contributed by atoms with Crippen molar-refractivity contribution in [3.05, 3.63) is 48.3 Å². The number of amides is 3. The molecule has 1 fully saturated rings. The van der Waals surface area contributed by atoms with E-state index in [9.17, 15) is 18.8 Å². The first-order valence-corrected chi connectivity index (χ1v) is 9.08. The van der Waals surface area contributed by atoms with E-state index in [-0.39, 0.29) is 25.3 Å².